The number of rotatable bonds is 2. The van der Waals surface area contributed by atoms with Crippen molar-refractivity contribution in [1.29, 1.82) is 0 Å². The number of carbonyl (C=O) groups excluding carboxylic acids is 1. The smallest absolute Gasteiger partial charge is 0.330 e. The lowest BCUT2D eigenvalue weighted by Gasteiger charge is -2.10. The van der Waals surface area contributed by atoms with E-state index >= 15 is 0 Å². The maximum Gasteiger partial charge on any atom is 0.330 e. The van der Waals surface area contributed by atoms with E-state index in [-0.39, 0.29) is 17.7 Å². The predicted molar refractivity (Wildman–Crippen MR) is 40.4 cm³/mol. The fourth-order valence-corrected chi connectivity index (χ4v) is 2.34. The Bertz CT molecular complexity index is 251. The average molecular weight is 169 g/mol. The van der Waals surface area contributed by atoms with Crippen molar-refractivity contribution in [2.75, 3.05) is 0 Å². The zero-order valence-corrected chi connectivity index (χ0v) is 6.83. The van der Waals surface area contributed by atoms with Gasteiger partial charge in [0.25, 0.3) is 0 Å². The number of carbonyl (C=O) groups is 2. The van der Waals surface area contributed by atoms with Crippen LogP contribution in [0, 0.1) is 11.8 Å². The van der Waals surface area contributed by atoms with Crippen LogP contribution >= 0.6 is 0 Å². The van der Waals surface area contributed by atoms with Gasteiger partial charge in [0.2, 0.25) is 5.91 Å². The monoisotopic (exact) mass is 169 g/mol. The van der Waals surface area contributed by atoms with Gasteiger partial charge in [0.15, 0.2) is 0 Å². The van der Waals surface area contributed by atoms with Crippen LogP contribution in [0.4, 0.5) is 0 Å². The quantitative estimate of drug-likeness (QED) is 0.610. The molecule has 0 saturated heterocycles. The molecule has 0 aromatic carbocycles. The minimum Gasteiger partial charge on any atom is -0.479 e. The minimum atomic E-state index is -0.883. The fourth-order valence-electron chi connectivity index (χ4n) is 2.34. The van der Waals surface area contributed by atoms with Crippen molar-refractivity contribution in [3.05, 3.63) is 0 Å². The lowest BCUT2D eigenvalue weighted by atomic mass is 10.0. The summed E-state index contributed by atoms with van der Waals surface area (Å²) in [6.45, 7) is 1.36. The molecule has 4 heteroatoms. The van der Waals surface area contributed by atoms with Crippen molar-refractivity contribution >= 4 is 11.9 Å². The Morgan fingerprint density at radius 1 is 1.42 bits per heavy atom. The fraction of sp³-hybridized carbons (Fsp3) is 0.750. The third kappa shape index (κ3) is 0.673. The second-order valence-electron chi connectivity index (χ2n) is 3.65. The largest absolute Gasteiger partial charge is 0.479 e. The first-order chi connectivity index (χ1) is 5.59. The molecule has 2 aliphatic carbocycles. The van der Waals surface area contributed by atoms with Crippen LogP contribution < -0.4 is 5.32 Å². The second kappa shape index (κ2) is 2.00. The van der Waals surface area contributed by atoms with Gasteiger partial charge in [-0.25, -0.2) is 4.79 Å². The van der Waals surface area contributed by atoms with E-state index in [1.807, 2.05) is 0 Å². The van der Waals surface area contributed by atoms with E-state index < -0.39 is 11.5 Å². The molecular formula is C8H11NO3. The molecule has 0 radical (unpaired) electrons. The van der Waals surface area contributed by atoms with Crippen LogP contribution in [0.3, 0.4) is 0 Å². The van der Waals surface area contributed by atoms with Crippen LogP contribution in [0.1, 0.15) is 19.8 Å². The summed E-state index contributed by atoms with van der Waals surface area (Å²) < 4.78 is 0. The molecule has 0 aliphatic heterocycles. The Morgan fingerprint density at radius 2 is 1.92 bits per heavy atom. The van der Waals surface area contributed by atoms with E-state index in [0.717, 1.165) is 12.8 Å². The van der Waals surface area contributed by atoms with Gasteiger partial charge in [0, 0.05) is 6.92 Å². The molecule has 12 heavy (non-hydrogen) atoms. The van der Waals surface area contributed by atoms with Crippen LogP contribution in [0.2, 0.25) is 0 Å². The molecule has 1 amide bonds. The standard InChI is InChI=1S/C8H11NO3/c1-4(10)9-8(7(11)12)5-2-3-6(5)8/h5-6H,2-3H2,1H3,(H,9,10)(H,11,12)/t5-,6+,8?. The summed E-state index contributed by atoms with van der Waals surface area (Å²) in [5.41, 5.74) is -0.883. The van der Waals surface area contributed by atoms with E-state index in [1.165, 1.54) is 6.92 Å². The summed E-state index contributed by atoms with van der Waals surface area (Å²) in [7, 11) is 0. The predicted octanol–water partition coefficient (Wildman–Crippen LogP) is -0.0143. The van der Waals surface area contributed by atoms with Gasteiger partial charge < -0.3 is 10.4 Å². The minimum absolute atomic E-state index is 0.207. The van der Waals surface area contributed by atoms with Crippen molar-refractivity contribution in [2.45, 2.75) is 25.3 Å². The van der Waals surface area contributed by atoms with Gasteiger partial charge in [0.05, 0.1) is 0 Å². The van der Waals surface area contributed by atoms with E-state index in [2.05, 4.69) is 5.32 Å². The molecule has 2 saturated carbocycles. The maximum atomic E-state index is 10.9. The molecule has 2 aliphatic rings. The zero-order valence-electron chi connectivity index (χ0n) is 6.83. The molecule has 1 unspecified atom stereocenters. The lowest BCUT2D eigenvalue weighted by Crippen LogP contribution is -2.44. The molecule has 4 nitrogen and oxygen atoms in total. The third-order valence-electron chi connectivity index (χ3n) is 3.07. The van der Waals surface area contributed by atoms with Gasteiger partial charge in [-0.3, -0.25) is 4.79 Å². The van der Waals surface area contributed by atoms with E-state index in [9.17, 15) is 9.59 Å². The molecule has 3 atom stereocenters. The van der Waals surface area contributed by atoms with Crippen molar-refractivity contribution in [3.8, 4) is 0 Å². The Morgan fingerprint density at radius 3 is 2.17 bits per heavy atom. The molecule has 2 rings (SSSR count). The summed E-state index contributed by atoms with van der Waals surface area (Å²) in [6, 6.07) is 0. The third-order valence-corrected chi connectivity index (χ3v) is 3.07. The summed E-state index contributed by atoms with van der Waals surface area (Å²) in [4.78, 5) is 21.6. The number of amides is 1. The number of hydrogen-bond donors (Lipinski definition) is 2. The molecule has 2 N–H and O–H groups in total. The van der Waals surface area contributed by atoms with Crippen LogP contribution in [0.15, 0.2) is 0 Å². The molecule has 66 valence electrons. The first-order valence-electron chi connectivity index (χ1n) is 4.11. The van der Waals surface area contributed by atoms with Crippen molar-refractivity contribution < 1.29 is 14.7 Å². The highest BCUT2D eigenvalue weighted by molar-refractivity contribution is 5.91. The van der Waals surface area contributed by atoms with Gasteiger partial charge in [0.1, 0.15) is 5.54 Å². The van der Waals surface area contributed by atoms with Crippen LogP contribution in [-0.2, 0) is 9.59 Å². The number of fused-ring (bicyclic) bond motifs is 1. The van der Waals surface area contributed by atoms with Gasteiger partial charge >= 0.3 is 5.97 Å². The molecule has 0 bridgehead atoms. The number of carboxylic acid groups (broad SMARTS) is 1. The molecule has 0 spiro atoms. The number of carboxylic acids is 1. The lowest BCUT2D eigenvalue weighted by molar-refractivity contribution is -0.143. The van der Waals surface area contributed by atoms with Gasteiger partial charge in [-0.2, -0.15) is 0 Å². The average Bonchev–Trinajstić information content (AvgIpc) is 2.24. The molecular weight excluding hydrogens is 158 g/mol. The summed E-state index contributed by atoms with van der Waals surface area (Å²) in [5.74, 6) is -0.699. The van der Waals surface area contributed by atoms with Crippen LogP contribution in [0.5, 0.6) is 0 Å². The first-order valence-corrected chi connectivity index (χ1v) is 4.11. The summed E-state index contributed by atoms with van der Waals surface area (Å²) in [6.07, 6.45) is 1.88. The highest BCUT2D eigenvalue weighted by Crippen LogP contribution is 2.64. The van der Waals surface area contributed by atoms with E-state index in [4.69, 9.17) is 5.11 Å². The Hall–Kier alpha value is -1.06. The van der Waals surface area contributed by atoms with E-state index in [1.54, 1.807) is 0 Å². The highest BCUT2D eigenvalue weighted by Gasteiger charge is 2.74. The van der Waals surface area contributed by atoms with Crippen molar-refractivity contribution in [1.82, 2.24) is 5.32 Å². The van der Waals surface area contributed by atoms with Gasteiger partial charge in [-0.05, 0) is 24.7 Å². The van der Waals surface area contributed by atoms with Crippen molar-refractivity contribution in [2.24, 2.45) is 11.8 Å². The Kier molecular flexibility index (Phi) is 1.26. The molecule has 0 heterocycles. The molecule has 2 fully saturated rings. The number of aliphatic carboxylic acids is 1. The highest BCUT2D eigenvalue weighted by atomic mass is 16.4. The topological polar surface area (TPSA) is 66.4 Å². The van der Waals surface area contributed by atoms with Crippen LogP contribution in [0.25, 0.3) is 0 Å². The maximum absolute atomic E-state index is 10.9. The molecule has 0 aromatic rings. The van der Waals surface area contributed by atoms with Crippen molar-refractivity contribution in [3.63, 3.8) is 0 Å². The first kappa shape index (κ1) is 7.58. The van der Waals surface area contributed by atoms with E-state index in [0.29, 0.717) is 0 Å². The zero-order chi connectivity index (χ0) is 8.93. The van der Waals surface area contributed by atoms with Gasteiger partial charge in [-0.1, -0.05) is 0 Å². The summed E-state index contributed by atoms with van der Waals surface area (Å²) >= 11 is 0. The normalized spacial score (nSPS) is 42.4. The Balaban J connectivity index is 2.15. The van der Waals surface area contributed by atoms with Crippen LogP contribution in [-0.4, -0.2) is 22.5 Å². The number of hydrogen-bond acceptors (Lipinski definition) is 2. The second-order valence-corrected chi connectivity index (χ2v) is 3.65. The Labute approximate surface area is 69.9 Å². The van der Waals surface area contributed by atoms with Gasteiger partial charge in [-0.15, -0.1) is 0 Å². The molecule has 0 aromatic heterocycles. The summed E-state index contributed by atoms with van der Waals surface area (Å²) in [5, 5.41) is 11.5. The number of nitrogens with one attached hydrogen (secondary N) is 1. The SMILES string of the molecule is CC(=O)NC1(C(=O)O)[C@@H]2CC[C@@H]21.